The van der Waals surface area contributed by atoms with E-state index >= 15 is 0 Å². The van der Waals surface area contributed by atoms with Crippen LogP contribution >= 0.6 is 0 Å². The Morgan fingerprint density at radius 2 is 2.09 bits per heavy atom. The second-order valence-corrected chi connectivity index (χ2v) is 8.43. The molecule has 0 saturated carbocycles. The van der Waals surface area contributed by atoms with Gasteiger partial charge >= 0.3 is 0 Å². The van der Waals surface area contributed by atoms with Crippen molar-refractivity contribution in [2.45, 2.75) is 39.7 Å². The number of amidine groups is 1. The van der Waals surface area contributed by atoms with Crippen LogP contribution in [-0.2, 0) is 4.84 Å². The van der Waals surface area contributed by atoms with E-state index in [2.05, 4.69) is 27.2 Å². The number of hydrogen-bond donors (Lipinski definition) is 0. The molecule has 1 atom stereocenters. The molecule has 0 aliphatic carbocycles. The molecule has 0 spiro atoms. The van der Waals surface area contributed by atoms with Gasteiger partial charge in [-0.1, -0.05) is 30.8 Å². The first-order valence-corrected chi connectivity index (χ1v) is 11.2. The Morgan fingerprint density at radius 3 is 2.85 bits per heavy atom. The van der Waals surface area contributed by atoms with Gasteiger partial charge in [0.1, 0.15) is 18.2 Å². The lowest BCUT2D eigenvalue weighted by atomic mass is 9.95. The smallest absolute Gasteiger partial charge is 0.171 e. The first kappa shape index (κ1) is 23.5. The molecule has 2 aromatic carbocycles. The zero-order valence-electron chi connectivity index (χ0n) is 18.9. The third kappa shape index (κ3) is 4.69. The molecule has 6 nitrogen and oxygen atoms in total. The summed E-state index contributed by atoms with van der Waals surface area (Å²) in [6.45, 7) is 3.33. The molecule has 2 aliphatic rings. The Balaban J connectivity index is 0.00000274. The number of methoxy groups -OCH3 is 1. The van der Waals surface area contributed by atoms with Crippen molar-refractivity contribution in [3.63, 3.8) is 0 Å². The minimum atomic E-state index is -0.218. The standard InChI is InChI=1S/C26H27FN4O2.CH4/c1-18-16-30(17-28-18)24-9-8-19(14-25(24)32-2)13-21-6-4-11-31-23(10-12-33-29-26(21)31)20-5-3-7-22(27)15-20;/h3,5,7-9,13-17,23H,4,6,10-12H2,1-2H3;1H4/b21-13+;/t23-;/m0./s1. The molecule has 0 N–H and O–H groups in total. The molecule has 0 unspecified atom stereocenters. The van der Waals surface area contributed by atoms with Crippen molar-refractivity contribution < 1.29 is 14.0 Å². The van der Waals surface area contributed by atoms with Crippen LogP contribution in [0.4, 0.5) is 4.39 Å². The molecule has 2 aliphatic heterocycles. The number of aromatic nitrogens is 2. The van der Waals surface area contributed by atoms with Gasteiger partial charge in [0, 0.05) is 19.2 Å². The normalized spacial score (nSPS) is 18.9. The maximum atomic E-state index is 13.9. The molecule has 0 bridgehead atoms. The summed E-state index contributed by atoms with van der Waals surface area (Å²) in [5.41, 5.74) is 4.98. The summed E-state index contributed by atoms with van der Waals surface area (Å²) in [7, 11) is 1.68. The van der Waals surface area contributed by atoms with Crippen LogP contribution in [0.5, 0.6) is 5.75 Å². The van der Waals surface area contributed by atoms with Gasteiger partial charge in [-0.15, -0.1) is 0 Å². The minimum absolute atomic E-state index is 0. The average Bonchev–Trinajstić information content (AvgIpc) is 3.13. The number of oxime groups is 1. The van der Waals surface area contributed by atoms with Crippen LogP contribution in [0.3, 0.4) is 0 Å². The summed E-state index contributed by atoms with van der Waals surface area (Å²) in [6, 6.07) is 13.0. The van der Waals surface area contributed by atoms with Crippen LogP contribution in [0.2, 0.25) is 0 Å². The summed E-state index contributed by atoms with van der Waals surface area (Å²) in [5, 5.41) is 4.47. The Bertz CT molecular complexity index is 1220. The Hall–Kier alpha value is -3.61. The van der Waals surface area contributed by atoms with Gasteiger partial charge in [-0.2, -0.15) is 0 Å². The predicted octanol–water partition coefficient (Wildman–Crippen LogP) is 5.92. The van der Waals surface area contributed by atoms with Crippen molar-refractivity contribution in [2.75, 3.05) is 20.3 Å². The summed E-state index contributed by atoms with van der Waals surface area (Å²) in [4.78, 5) is 12.2. The average molecular weight is 463 g/mol. The van der Waals surface area contributed by atoms with Gasteiger partial charge in [-0.3, -0.25) is 0 Å². The maximum absolute atomic E-state index is 13.9. The molecule has 0 amide bonds. The van der Waals surface area contributed by atoms with Crippen molar-refractivity contribution >= 4 is 11.9 Å². The van der Waals surface area contributed by atoms with Crippen molar-refractivity contribution in [3.05, 3.63) is 83.2 Å². The number of imidazole rings is 1. The van der Waals surface area contributed by atoms with E-state index < -0.39 is 0 Å². The van der Waals surface area contributed by atoms with Crippen LogP contribution in [0.25, 0.3) is 11.8 Å². The molecule has 1 saturated heterocycles. The van der Waals surface area contributed by atoms with Crippen LogP contribution in [0, 0.1) is 12.7 Å². The number of benzene rings is 2. The number of halogens is 1. The quantitative estimate of drug-likeness (QED) is 0.483. The molecular formula is C27H31FN4O2. The van der Waals surface area contributed by atoms with E-state index in [0.29, 0.717) is 6.61 Å². The van der Waals surface area contributed by atoms with Gasteiger partial charge in [-0.05, 0) is 66.8 Å². The van der Waals surface area contributed by atoms with E-state index in [1.165, 1.54) is 6.07 Å². The fraction of sp³-hybridized carbons (Fsp3) is 0.333. The topological polar surface area (TPSA) is 51.9 Å². The summed E-state index contributed by atoms with van der Waals surface area (Å²) < 4.78 is 21.6. The van der Waals surface area contributed by atoms with Crippen LogP contribution in [0.15, 0.2) is 65.7 Å². The Labute approximate surface area is 200 Å². The Kier molecular flexibility index (Phi) is 7.01. The zero-order valence-corrected chi connectivity index (χ0v) is 18.9. The molecular weight excluding hydrogens is 431 g/mol. The van der Waals surface area contributed by atoms with E-state index in [0.717, 1.165) is 65.5 Å². The number of piperidine rings is 1. The second kappa shape index (κ2) is 10.1. The molecule has 5 rings (SSSR count). The number of ether oxygens (including phenoxy) is 1. The van der Waals surface area contributed by atoms with Crippen LogP contribution in [-0.4, -0.2) is 40.5 Å². The highest BCUT2D eigenvalue weighted by Gasteiger charge is 2.31. The van der Waals surface area contributed by atoms with Gasteiger partial charge in [-0.25, -0.2) is 9.37 Å². The summed E-state index contributed by atoms with van der Waals surface area (Å²) in [5.74, 6) is 1.39. The molecule has 1 fully saturated rings. The molecule has 3 aromatic rings. The SMILES string of the molecule is C.COc1cc(/C=C2\CCCN3C2=NOCC[C@H]3c2cccc(F)c2)ccc1-n1cnc(C)c1. The predicted molar refractivity (Wildman–Crippen MR) is 133 cm³/mol. The van der Waals surface area contributed by atoms with E-state index in [-0.39, 0.29) is 19.3 Å². The lowest BCUT2D eigenvalue weighted by Crippen LogP contribution is -2.39. The molecule has 178 valence electrons. The maximum Gasteiger partial charge on any atom is 0.171 e. The lowest BCUT2D eigenvalue weighted by Gasteiger charge is -2.36. The van der Waals surface area contributed by atoms with E-state index in [1.54, 1.807) is 25.6 Å². The highest BCUT2D eigenvalue weighted by atomic mass is 19.1. The molecule has 34 heavy (non-hydrogen) atoms. The van der Waals surface area contributed by atoms with Gasteiger partial charge in [0.2, 0.25) is 0 Å². The third-order valence-electron chi connectivity index (χ3n) is 6.18. The molecule has 1 aromatic heterocycles. The zero-order chi connectivity index (χ0) is 22.8. The lowest BCUT2D eigenvalue weighted by molar-refractivity contribution is 0.140. The van der Waals surface area contributed by atoms with Crippen molar-refractivity contribution in [3.8, 4) is 11.4 Å². The van der Waals surface area contributed by atoms with Gasteiger partial charge in [0.25, 0.3) is 0 Å². The van der Waals surface area contributed by atoms with E-state index in [4.69, 9.17) is 9.57 Å². The number of rotatable bonds is 4. The largest absolute Gasteiger partial charge is 0.495 e. The molecule has 7 heteroatoms. The van der Waals surface area contributed by atoms with Gasteiger partial charge < -0.3 is 19.0 Å². The minimum Gasteiger partial charge on any atom is -0.495 e. The summed E-state index contributed by atoms with van der Waals surface area (Å²) in [6.07, 6.45) is 8.57. The highest BCUT2D eigenvalue weighted by molar-refractivity contribution is 6.02. The first-order valence-electron chi connectivity index (χ1n) is 11.2. The molecule has 0 radical (unpaired) electrons. The van der Waals surface area contributed by atoms with Crippen molar-refractivity contribution in [1.29, 1.82) is 0 Å². The summed E-state index contributed by atoms with van der Waals surface area (Å²) >= 11 is 0. The monoisotopic (exact) mass is 462 g/mol. The first-order chi connectivity index (χ1) is 16.1. The third-order valence-corrected chi connectivity index (χ3v) is 6.18. The number of nitrogens with zero attached hydrogens (tertiary/aromatic N) is 4. The second-order valence-electron chi connectivity index (χ2n) is 8.43. The Morgan fingerprint density at radius 1 is 1.21 bits per heavy atom. The van der Waals surface area contributed by atoms with Crippen LogP contribution in [0.1, 0.15) is 49.6 Å². The van der Waals surface area contributed by atoms with Crippen molar-refractivity contribution in [1.82, 2.24) is 14.5 Å². The fourth-order valence-corrected chi connectivity index (χ4v) is 4.63. The number of fused-ring (bicyclic) bond motifs is 1. The van der Waals surface area contributed by atoms with Crippen LogP contribution < -0.4 is 4.74 Å². The number of aryl methyl sites for hydroxylation is 1. The fourth-order valence-electron chi connectivity index (χ4n) is 4.63. The van der Waals surface area contributed by atoms with Gasteiger partial charge in [0.05, 0.1) is 30.9 Å². The highest BCUT2D eigenvalue weighted by Crippen LogP contribution is 2.34. The van der Waals surface area contributed by atoms with E-state index in [9.17, 15) is 4.39 Å². The number of hydrogen-bond acceptors (Lipinski definition) is 5. The van der Waals surface area contributed by atoms with Gasteiger partial charge in [0.15, 0.2) is 5.84 Å². The molecule has 3 heterocycles. The van der Waals surface area contributed by atoms with E-state index in [1.807, 2.05) is 35.9 Å². The van der Waals surface area contributed by atoms with Crippen molar-refractivity contribution in [2.24, 2.45) is 5.16 Å².